The first-order valence-corrected chi connectivity index (χ1v) is 8.40. The molecule has 0 radical (unpaired) electrons. The van der Waals surface area contributed by atoms with E-state index in [2.05, 4.69) is 47.8 Å². The van der Waals surface area contributed by atoms with Crippen molar-refractivity contribution in [3.8, 4) is 5.75 Å². The number of hydrogen-bond acceptors (Lipinski definition) is 2. The summed E-state index contributed by atoms with van der Waals surface area (Å²) >= 11 is 0. The normalized spacial score (nSPS) is 15.0. The van der Waals surface area contributed by atoms with Crippen LogP contribution in [0.2, 0.25) is 0 Å². The first-order valence-electron chi connectivity index (χ1n) is 8.40. The van der Waals surface area contributed by atoms with E-state index >= 15 is 0 Å². The number of nitrogens with one attached hydrogen (secondary N) is 1. The van der Waals surface area contributed by atoms with Gasteiger partial charge in [0.2, 0.25) is 0 Å². The molecule has 2 aromatic carbocycles. The van der Waals surface area contributed by atoms with Crippen molar-refractivity contribution in [1.82, 2.24) is 5.32 Å². The van der Waals surface area contributed by atoms with E-state index in [-0.39, 0.29) is 12.4 Å². The van der Waals surface area contributed by atoms with Crippen molar-refractivity contribution in [2.75, 3.05) is 0 Å². The summed E-state index contributed by atoms with van der Waals surface area (Å²) < 4.78 is 6.02. The molecule has 23 heavy (non-hydrogen) atoms. The molecule has 1 fully saturated rings. The number of halogens is 1. The highest BCUT2D eigenvalue weighted by molar-refractivity contribution is 5.85. The van der Waals surface area contributed by atoms with Crippen LogP contribution < -0.4 is 10.1 Å². The first-order chi connectivity index (χ1) is 10.9. The summed E-state index contributed by atoms with van der Waals surface area (Å²) in [7, 11) is 0. The third-order valence-corrected chi connectivity index (χ3v) is 4.40. The van der Waals surface area contributed by atoms with Gasteiger partial charge in [-0.15, -0.1) is 12.4 Å². The number of benzene rings is 2. The van der Waals surface area contributed by atoms with Crippen LogP contribution in [0, 0.1) is 0 Å². The molecule has 0 spiro atoms. The zero-order valence-electron chi connectivity index (χ0n) is 13.5. The molecule has 1 aliphatic rings. The summed E-state index contributed by atoms with van der Waals surface area (Å²) in [6.07, 6.45) is 6.75. The van der Waals surface area contributed by atoms with Gasteiger partial charge in [-0.05, 0) is 24.5 Å². The fourth-order valence-corrected chi connectivity index (χ4v) is 3.09. The van der Waals surface area contributed by atoms with Crippen LogP contribution in [0.5, 0.6) is 5.75 Å². The quantitative estimate of drug-likeness (QED) is 0.794. The van der Waals surface area contributed by atoms with Crippen molar-refractivity contribution >= 4 is 12.4 Å². The Morgan fingerprint density at radius 1 is 0.870 bits per heavy atom. The smallest absolute Gasteiger partial charge is 0.124 e. The highest BCUT2D eigenvalue weighted by atomic mass is 35.5. The van der Waals surface area contributed by atoms with Gasteiger partial charge in [0.1, 0.15) is 12.4 Å². The molecule has 3 heteroatoms. The first kappa shape index (κ1) is 17.8. The molecule has 1 saturated carbocycles. The van der Waals surface area contributed by atoms with Gasteiger partial charge >= 0.3 is 0 Å². The van der Waals surface area contributed by atoms with Gasteiger partial charge in [0.15, 0.2) is 0 Å². The molecule has 2 aromatic rings. The van der Waals surface area contributed by atoms with Gasteiger partial charge in [0, 0.05) is 18.2 Å². The van der Waals surface area contributed by atoms with Crippen molar-refractivity contribution < 1.29 is 4.74 Å². The zero-order chi connectivity index (χ0) is 15.0. The number of para-hydroxylation sites is 1. The molecule has 0 unspecified atom stereocenters. The summed E-state index contributed by atoms with van der Waals surface area (Å²) in [5.41, 5.74) is 2.46. The zero-order valence-corrected chi connectivity index (χ0v) is 14.4. The fraction of sp³-hybridized carbons (Fsp3) is 0.400. The lowest BCUT2D eigenvalue weighted by atomic mass is 9.95. The Balaban J connectivity index is 0.00000192. The van der Waals surface area contributed by atoms with Gasteiger partial charge in [-0.25, -0.2) is 0 Å². The Labute approximate surface area is 145 Å². The van der Waals surface area contributed by atoms with E-state index in [1.165, 1.54) is 43.2 Å². The molecule has 1 aliphatic carbocycles. The fourth-order valence-electron chi connectivity index (χ4n) is 3.09. The van der Waals surface area contributed by atoms with Gasteiger partial charge in [0.05, 0.1) is 0 Å². The lowest BCUT2D eigenvalue weighted by Gasteiger charge is -2.23. The van der Waals surface area contributed by atoms with Crippen LogP contribution in [0.1, 0.15) is 43.2 Å². The lowest BCUT2D eigenvalue weighted by Crippen LogP contribution is -2.30. The second-order valence-electron chi connectivity index (χ2n) is 6.10. The van der Waals surface area contributed by atoms with Crippen molar-refractivity contribution in [2.45, 2.75) is 51.3 Å². The molecule has 0 aliphatic heterocycles. The molecule has 124 valence electrons. The number of ether oxygens (including phenoxy) is 1. The summed E-state index contributed by atoms with van der Waals surface area (Å²) in [5, 5.41) is 3.70. The molecule has 2 nitrogen and oxygen atoms in total. The van der Waals surface area contributed by atoms with Crippen LogP contribution in [0.4, 0.5) is 0 Å². The molecular formula is C20H26ClNO. The minimum atomic E-state index is 0. The molecule has 0 saturated heterocycles. The van der Waals surface area contributed by atoms with Crippen molar-refractivity contribution in [1.29, 1.82) is 0 Å². The van der Waals surface area contributed by atoms with Crippen LogP contribution >= 0.6 is 12.4 Å². The maximum absolute atomic E-state index is 6.02. The van der Waals surface area contributed by atoms with E-state index in [0.29, 0.717) is 12.6 Å². The minimum Gasteiger partial charge on any atom is -0.489 e. The predicted molar refractivity (Wildman–Crippen MR) is 98.2 cm³/mol. The maximum atomic E-state index is 6.02. The van der Waals surface area contributed by atoms with E-state index in [9.17, 15) is 0 Å². The molecule has 0 amide bonds. The topological polar surface area (TPSA) is 21.3 Å². The number of rotatable bonds is 6. The predicted octanol–water partition coefficient (Wildman–Crippen LogP) is 5.11. The molecule has 0 atom stereocenters. The largest absolute Gasteiger partial charge is 0.489 e. The third-order valence-electron chi connectivity index (χ3n) is 4.40. The Bertz CT molecular complexity index is 567. The van der Waals surface area contributed by atoms with E-state index in [1.54, 1.807) is 0 Å². The summed E-state index contributed by atoms with van der Waals surface area (Å²) in [6.45, 7) is 1.52. The van der Waals surface area contributed by atoms with Crippen LogP contribution in [0.25, 0.3) is 0 Å². The van der Waals surface area contributed by atoms with Crippen molar-refractivity contribution in [3.63, 3.8) is 0 Å². The van der Waals surface area contributed by atoms with Crippen LogP contribution in [-0.4, -0.2) is 6.04 Å². The van der Waals surface area contributed by atoms with Gasteiger partial charge in [-0.2, -0.15) is 0 Å². The van der Waals surface area contributed by atoms with E-state index in [4.69, 9.17) is 4.74 Å². The second-order valence-corrected chi connectivity index (χ2v) is 6.10. The lowest BCUT2D eigenvalue weighted by molar-refractivity contribution is 0.300. The van der Waals surface area contributed by atoms with Gasteiger partial charge in [-0.1, -0.05) is 67.8 Å². The molecular weight excluding hydrogens is 306 g/mol. The van der Waals surface area contributed by atoms with Crippen LogP contribution in [0.3, 0.4) is 0 Å². The molecule has 3 rings (SSSR count). The van der Waals surface area contributed by atoms with E-state index < -0.39 is 0 Å². The molecule has 0 aromatic heterocycles. The molecule has 0 heterocycles. The SMILES string of the molecule is Cl.c1ccc(COc2ccccc2CNC2CCCCC2)cc1. The Morgan fingerprint density at radius 2 is 1.57 bits per heavy atom. The van der Waals surface area contributed by atoms with E-state index in [1.807, 2.05) is 12.1 Å². The van der Waals surface area contributed by atoms with Crippen LogP contribution in [0.15, 0.2) is 54.6 Å². The highest BCUT2D eigenvalue weighted by Crippen LogP contribution is 2.22. The summed E-state index contributed by atoms with van der Waals surface area (Å²) in [6, 6.07) is 19.4. The monoisotopic (exact) mass is 331 g/mol. The Morgan fingerprint density at radius 3 is 2.35 bits per heavy atom. The van der Waals surface area contributed by atoms with Gasteiger partial charge < -0.3 is 10.1 Å². The Kier molecular flexibility index (Phi) is 7.44. The van der Waals surface area contributed by atoms with Gasteiger partial charge in [-0.3, -0.25) is 0 Å². The summed E-state index contributed by atoms with van der Waals surface area (Å²) in [4.78, 5) is 0. The minimum absolute atomic E-state index is 0. The molecule has 1 N–H and O–H groups in total. The third kappa shape index (κ3) is 5.56. The second kappa shape index (κ2) is 9.59. The average molecular weight is 332 g/mol. The standard InChI is InChI=1S/C20H25NO.ClH/c1-3-9-17(10-4-1)16-22-20-14-8-7-11-18(20)15-21-19-12-5-2-6-13-19;/h1,3-4,7-11,14,19,21H,2,5-6,12-13,15-16H2;1H. The average Bonchev–Trinajstić information content (AvgIpc) is 2.61. The van der Waals surface area contributed by atoms with E-state index in [0.717, 1.165) is 12.3 Å². The van der Waals surface area contributed by atoms with Crippen molar-refractivity contribution in [3.05, 3.63) is 65.7 Å². The Hall–Kier alpha value is -1.51. The summed E-state index contributed by atoms with van der Waals surface area (Å²) in [5.74, 6) is 0.995. The number of hydrogen-bond donors (Lipinski definition) is 1. The van der Waals surface area contributed by atoms with Gasteiger partial charge in [0.25, 0.3) is 0 Å². The van der Waals surface area contributed by atoms with Crippen LogP contribution in [-0.2, 0) is 13.2 Å². The molecule has 0 bridgehead atoms. The maximum Gasteiger partial charge on any atom is 0.124 e. The van der Waals surface area contributed by atoms with Crippen molar-refractivity contribution in [2.24, 2.45) is 0 Å². The highest BCUT2D eigenvalue weighted by Gasteiger charge is 2.13.